The zero-order valence-electron chi connectivity index (χ0n) is 9.63. The molecule has 2 atom stereocenters. The molecule has 1 aromatic rings. The molecule has 0 aliphatic heterocycles. The molecule has 1 heterocycles. The summed E-state index contributed by atoms with van der Waals surface area (Å²) in [6.45, 7) is 1.58. The third-order valence-corrected chi connectivity index (χ3v) is 3.02. The van der Waals surface area contributed by atoms with Crippen LogP contribution >= 0.6 is 0 Å². The molecule has 0 bridgehead atoms. The highest BCUT2D eigenvalue weighted by Gasteiger charge is 2.19. The van der Waals surface area contributed by atoms with E-state index in [1.807, 2.05) is 0 Å². The molecule has 1 aromatic heterocycles. The summed E-state index contributed by atoms with van der Waals surface area (Å²) in [5.41, 5.74) is 0. The zero-order chi connectivity index (χ0) is 11.4. The number of nitrogens with zero attached hydrogens (tertiary/aromatic N) is 4. The fourth-order valence-corrected chi connectivity index (χ4v) is 2.23. The Morgan fingerprint density at radius 3 is 3.06 bits per heavy atom. The smallest absolute Gasteiger partial charge is 0.188 e. The summed E-state index contributed by atoms with van der Waals surface area (Å²) in [6.07, 6.45) is 4.12. The van der Waals surface area contributed by atoms with Crippen LogP contribution in [0.15, 0.2) is 0 Å². The minimum absolute atomic E-state index is 0.102. The predicted molar refractivity (Wildman–Crippen MR) is 58.5 cm³/mol. The molecule has 1 saturated carbocycles. The normalized spacial score (nSPS) is 25.9. The number of hydrogen-bond acceptors (Lipinski definition) is 5. The van der Waals surface area contributed by atoms with Crippen LogP contribution in [0.4, 0.5) is 0 Å². The number of aryl methyl sites for hydroxylation is 1. The van der Waals surface area contributed by atoms with Gasteiger partial charge in [-0.15, -0.1) is 10.2 Å². The van der Waals surface area contributed by atoms with Gasteiger partial charge in [-0.25, -0.2) is 0 Å². The van der Waals surface area contributed by atoms with Crippen molar-refractivity contribution < 1.29 is 5.11 Å². The van der Waals surface area contributed by atoms with Gasteiger partial charge in [0.15, 0.2) is 5.82 Å². The lowest BCUT2D eigenvalue weighted by Crippen LogP contribution is -2.29. The number of hydrogen-bond donors (Lipinski definition) is 2. The van der Waals surface area contributed by atoms with Gasteiger partial charge in [0.25, 0.3) is 0 Å². The van der Waals surface area contributed by atoms with Crippen LogP contribution in [0, 0.1) is 5.92 Å². The van der Waals surface area contributed by atoms with Crippen LogP contribution in [-0.2, 0) is 13.6 Å². The van der Waals surface area contributed by atoms with Crippen LogP contribution < -0.4 is 5.32 Å². The Hall–Kier alpha value is -1.01. The molecule has 6 nitrogen and oxygen atoms in total. The van der Waals surface area contributed by atoms with Gasteiger partial charge in [-0.2, -0.15) is 4.80 Å². The van der Waals surface area contributed by atoms with Crippen LogP contribution in [0.3, 0.4) is 0 Å². The van der Waals surface area contributed by atoms with E-state index in [4.69, 9.17) is 0 Å². The monoisotopic (exact) mass is 225 g/mol. The van der Waals surface area contributed by atoms with Crippen molar-refractivity contribution >= 4 is 0 Å². The number of tetrazole rings is 1. The molecule has 0 radical (unpaired) electrons. The van der Waals surface area contributed by atoms with Crippen LogP contribution in [-0.4, -0.2) is 38.0 Å². The van der Waals surface area contributed by atoms with E-state index in [2.05, 4.69) is 20.7 Å². The molecular weight excluding hydrogens is 206 g/mol. The van der Waals surface area contributed by atoms with Gasteiger partial charge in [0, 0.05) is 0 Å². The highest BCUT2D eigenvalue weighted by atomic mass is 16.3. The molecule has 0 saturated heterocycles. The summed E-state index contributed by atoms with van der Waals surface area (Å²) in [4.78, 5) is 1.46. The minimum Gasteiger partial charge on any atom is -0.393 e. The van der Waals surface area contributed by atoms with Crippen molar-refractivity contribution in [3.05, 3.63) is 5.82 Å². The van der Waals surface area contributed by atoms with Crippen molar-refractivity contribution in [2.24, 2.45) is 13.0 Å². The second-order valence-corrected chi connectivity index (χ2v) is 4.51. The third-order valence-electron chi connectivity index (χ3n) is 3.02. The van der Waals surface area contributed by atoms with Crippen molar-refractivity contribution in [1.82, 2.24) is 25.5 Å². The minimum atomic E-state index is -0.102. The van der Waals surface area contributed by atoms with Crippen LogP contribution in [0.25, 0.3) is 0 Å². The average Bonchev–Trinajstić information content (AvgIpc) is 2.64. The molecule has 1 aliphatic rings. The number of rotatable bonds is 4. The Balaban J connectivity index is 1.67. The second-order valence-electron chi connectivity index (χ2n) is 4.51. The number of aliphatic hydroxyl groups is 1. The molecule has 1 fully saturated rings. The summed E-state index contributed by atoms with van der Waals surface area (Å²) >= 11 is 0. The maximum absolute atomic E-state index is 9.53. The Kier molecular flexibility index (Phi) is 3.84. The SMILES string of the molecule is Cn1nnc(CNCC2CCCC(O)C2)n1. The molecular formula is C10H19N5O. The molecule has 6 heteroatoms. The number of aliphatic hydroxyl groups excluding tert-OH is 1. The van der Waals surface area contributed by atoms with Crippen LogP contribution in [0.2, 0.25) is 0 Å². The lowest BCUT2D eigenvalue weighted by molar-refractivity contribution is 0.100. The van der Waals surface area contributed by atoms with Crippen molar-refractivity contribution in [3.63, 3.8) is 0 Å². The lowest BCUT2D eigenvalue weighted by Gasteiger charge is -2.25. The zero-order valence-corrected chi connectivity index (χ0v) is 9.63. The molecule has 0 aromatic carbocycles. The molecule has 90 valence electrons. The first-order valence-corrected chi connectivity index (χ1v) is 5.85. The van der Waals surface area contributed by atoms with Gasteiger partial charge in [-0.05, 0) is 36.9 Å². The predicted octanol–water partition coefficient (Wildman–Crippen LogP) is -0.149. The standard InChI is InChI=1S/C10H19N5O/c1-15-13-10(12-14-15)7-11-6-8-3-2-4-9(16)5-8/h8-9,11,16H,2-7H2,1H3. The maximum atomic E-state index is 9.53. The van der Waals surface area contributed by atoms with E-state index in [0.717, 1.165) is 31.6 Å². The van der Waals surface area contributed by atoms with Gasteiger partial charge in [0.05, 0.1) is 19.7 Å². The van der Waals surface area contributed by atoms with Gasteiger partial charge in [0.1, 0.15) is 0 Å². The van der Waals surface area contributed by atoms with Crippen molar-refractivity contribution in [3.8, 4) is 0 Å². The highest BCUT2D eigenvalue weighted by Crippen LogP contribution is 2.23. The molecule has 16 heavy (non-hydrogen) atoms. The second kappa shape index (κ2) is 5.36. The van der Waals surface area contributed by atoms with Crippen molar-refractivity contribution in [2.75, 3.05) is 6.54 Å². The fourth-order valence-electron chi connectivity index (χ4n) is 2.23. The van der Waals surface area contributed by atoms with Crippen molar-refractivity contribution in [2.45, 2.75) is 38.3 Å². The molecule has 1 aliphatic carbocycles. The molecule has 2 rings (SSSR count). The summed E-state index contributed by atoms with van der Waals surface area (Å²) in [7, 11) is 1.76. The lowest BCUT2D eigenvalue weighted by atomic mass is 9.87. The summed E-state index contributed by atoms with van der Waals surface area (Å²) in [5, 5.41) is 24.6. The van der Waals surface area contributed by atoms with Gasteiger partial charge in [-0.1, -0.05) is 6.42 Å². The highest BCUT2D eigenvalue weighted by molar-refractivity contribution is 4.78. The van der Waals surface area contributed by atoms with E-state index >= 15 is 0 Å². The maximum Gasteiger partial charge on any atom is 0.188 e. The first-order chi connectivity index (χ1) is 7.74. The number of nitrogens with one attached hydrogen (secondary N) is 1. The topological polar surface area (TPSA) is 75.9 Å². The van der Waals surface area contributed by atoms with Crippen LogP contribution in [0.5, 0.6) is 0 Å². The van der Waals surface area contributed by atoms with Crippen LogP contribution in [0.1, 0.15) is 31.5 Å². The van der Waals surface area contributed by atoms with Gasteiger partial charge < -0.3 is 10.4 Å². The Bertz CT molecular complexity index is 327. The summed E-state index contributed by atoms with van der Waals surface area (Å²) in [6, 6.07) is 0. The molecule has 2 unspecified atom stereocenters. The largest absolute Gasteiger partial charge is 0.393 e. The average molecular weight is 225 g/mol. The summed E-state index contributed by atoms with van der Waals surface area (Å²) in [5.74, 6) is 1.30. The summed E-state index contributed by atoms with van der Waals surface area (Å²) < 4.78 is 0. The third kappa shape index (κ3) is 3.24. The quantitative estimate of drug-likeness (QED) is 0.745. The van der Waals surface area contributed by atoms with E-state index in [-0.39, 0.29) is 6.10 Å². The van der Waals surface area contributed by atoms with E-state index in [1.54, 1.807) is 7.05 Å². The van der Waals surface area contributed by atoms with E-state index in [1.165, 1.54) is 11.2 Å². The first kappa shape index (κ1) is 11.5. The fraction of sp³-hybridized carbons (Fsp3) is 0.900. The molecule has 2 N–H and O–H groups in total. The molecule has 0 amide bonds. The Labute approximate surface area is 95.0 Å². The van der Waals surface area contributed by atoms with Gasteiger partial charge >= 0.3 is 0 Å². The number of aromatic nitrogens is 4. The van der Waals surface area contributed by atoms with E-state index in [0.29, 0.717) is 12.5 Å². The van der Waals surface area contributed by atoms with Gasteiger partial charge in [0.2, 0.25) is 0 Å². The van der Waals surface area contributed by atoms with E-state index in [9.17, 15) is 5.11 Å². The Morgan fingerprint density at radius 1 is 1.50 bits per heavy atom. The van der Waals surface area contributed by atoms with E-state index < -0.39 is 0 Å². The molecule has 0 spiro atoms. The first-order valence-electron chi connectivity index (χ1n) is 5.85. The van der Waals surface area contributed by atoms with Gasteiger partial charge in [-0.3, -0.25) is 0 Å². The Morgan fingerprint density at radius 2 is 2.38 bits per heavy atom. The van der Waals surface area contributed by atoms with Crippen molar-refractivity contribution in [1.29, 1.82) is 0 Å².